The first-order valence-corrected chi connectivity index (χ1v) is 10.2. The lowest BCUT2D eigenvalue weighted by atomic mass is 10.1. The number of hydrogen-bond donors (Lipinski definition) is 1. The lowest BCUT2D eigenvalue weighted by molar-refractivity contribution is -0.386. The van der Waals surface area contributed by atoms with Crippen LogP contribution in [0.4, 0.5) is 10.1 Å². The molecule has 0 unspecified atom stereocenters. The highest BCUT2D eigenvalue weighted by Crippen LogP contribution is 2.29. The Bertz CT molecular complexity index is 1070. The van der Waals surface area contributed by atoms with E-state index < -0.39 is 4.92 Å². The monoisotopic (exact) mass is 473 g/mol. The molecule has 3 aromatic carbocycles. The Kier molecular flexibility index (Phi) is 9.78. The van der Waals surface area contributed by atoms with Crippen molar-refractivity contribution >= 4 is 24.0 Å². The third kappa shape index (κ3) is 7.27. The van der Waals surface area contributed by atoms with E-state index in [0.29, 0.717) is 19.5 Å². The van der Waals surface area contributed by atoms with E-state index in [4.69, 9.17) is 10.5 Å². The molecule has 0 saturated heterocycles. The van der Waals surface area contributed by atoms with E-state index in [9.17, 15) is 19.3 Å². The number of ether oxygens (including phenoxy) is 1. The van der Waals surface area contributed by atoms with E-state index in [1.54, 1.807) is 17.0 Å². The van der Waals surface area contributed by atoms with Crippen LogP contribution in [0.2, 0.25) is 0 Å². The van der Waals surface area contributed by atoms with Gasteiger partial charge in [0.05, 0.1) is 4.92 Å². The molecule has 0 aliphatic rings. The molecular weight excluding hydrogens is 449 g/mol. The zero-order valence-corrected chi connectivity index (χ0v) is 18.7. The van der Waals surface area contributed by atoms with Crippen molar-refractivity contribution in [2.45, 2.75) is 19.6 Å². The Hall–Kier alpha value is -3.49. The van der Waals surface area contributed by atoms with E-state index in [1.165, 1.54) is 30.3 Å². The van der Waals surface area contributed by atoms with Gasteiger partial charge in [-0.05, 0) is 48.4 Å². The normalized spacial score (nSPS) is 10.2. The number of rotatable bonds is 10. The standard InChI is InChI=1S/C24H24FN3O4.ClH/c25-21-10-7-18(8-11-21)16-27(14-4-13-26)24(29)20-9-12-23(22(15-20)28(30)31)32-17-19-5-2-1-3-6-19;/h1-3,5-12,15H,4,13-14,16-17,26H2;1H. The fraction of sp³-hybridized carbons (Fsp3) is 0.208. The van der Waals surface area contributed by atoms with Crippen molar-refractivity contribution in [1.82, 2.24) is 4.90 Å². The second kappa shape index (κ2) is 12.5. The van der Waals surface area contributed by atoms with Gasteiger partial charge in [0.2, 0.25) is 0 Å². The number of nitro groups is 1. The van der Waals surface area contributed by atoms with E-state index in [0.717, 1.165) is 11.1 Å². The minimum atomic E-state index is -0.568. The van der Waals surface area contributed by atoms with Gasteiger partial charge in [0.15, 0.2) is 5.75 Å². The van der Waals surface area contributed by atoms with Gasteiger partial charge in [-0.25, -0.2) is 4.39 Å². The maximum Gasteiger partial charge on any atom is 0.311 e. The molecule has 174 valence electrons. The van der Waals surface area contributed by atoms with Crippen molar-refractivity contribution < 1.29 is 18.8 Å². The summed E-state index contributed by atoms with van der Waals surface area (Å²) < 4.78 is 18.8. The van der Waals surface area contributed by atoms with Crippen molar-refractivity contribution in [3.05, 3.63) is 105 Å². The van der Waals surface area contributed by atoms with E-state index in [-0.39, 0.29) is 54.3 Å². The van der Waals surface area contributed by atoms with Gasteiger partial charge in [-0.2, -0.15) is 0 Å². The highest BCUT2D eigenvalue weighted by atomic mass is 35.5. The highest BCUT2D eigenvalue weighted by molar-refractivity contribution is 5.95. The third-order valence-electron chi connectivity index (χ3n) is 4.85. The van der Waals surface area contributed by atoms with E-state index >= 15 is 0 Å². The molecule has 0 radical (unpaired) electrons. The largest absolute Gasteiger partial charge is 0.482 e. The number of hydrogen-bond acceptors (Lipinski definition) is 5. The molecule has 0 atom stereocenters. The number of halogens is 2. The smallest absolute Gasteiger partial charge is 0.311 e. The molecule has 0 bridgehead atoms. The summed E-state index contributed by atoms with van der Waals surface area (Å²) in [5.74, 6) is -0.654. The lowest BCUT2D eigenvalue weighted by Gasteiger charge is -2.23. The Balaban J connectivity index is 0.00000385. The van der Waals surface area contributed by atoms with Crippen molar-refractivity contribution in [1.29, 1.82) is 0 Å². The number of amides is 1. The molecular formula is C24H25ClFN3O4. The zero-order chi connectivity index (χ0) is 22.9. The van der Waals surface area contributed by atoms with Crippen LogP contribution in [-0.2, 0) is 13.2 Å². The van der Waals surface area contributed by atoms with Crippen molar-refractivity contribution in [3.63, 3.8) is 0 Å². The number of benzene rings is 3. The molecule has 0 saturated carbocycles. The molecule has 0 aromatic heterocycles. The van der Waals surface area contributed by atoms with Crippen molar-refractivity contribution in [2.75, 3.05) is 13.1 Å². The maximum absolute atomic E-state index is 13.2. The third-order valence-corrected chi connectivity index (χ3v) is 4.85. The van der Waals surface area contributed by atoms with Gasteiger partial charge < -0.3 is 15.4 Å². The van der Waals surface area contributed by atoms with Crippen LogP contribution in [0.5, 0.6) is 5.75 Å². The zero-order valence-electron chi connectivity index (χ0n) is 17.9. The summed E-state index contributed by atoms with van der Waals surface area (Å²) in [6, 6.07) is 19.3. The first-order chi connectivity index (χ1) is 15.5. The Labute approximate surface area is 197 Å². The average molecular weight is 474 g/mol. The summed E-state index contributed by atoms with van der Waals surface area (Å²) in [5, 5.41) is 11.6. The number of nitro benzene ring substituents is 1. The van der Waals surface area contributed by atoms with Gasteiger partial charge in [-0.3, -0.25) is 14.9 Å². The van der Waals surface area contributed by atoms with Crippen LogP contribution in [0.25, 0.3) is 0 Å². The summed E-state index contributed by atoms with van der Waals surface area (Å²) in [6.45, 7) is 1.16. The van der Waals surface area contributed by atoms with Crippen LogP contribution < -0.4 is 10.5 Å². The molecule has 33 heavy (non-hydrogen) atoms. The Morgan fingerprint density at radius 3 is 2.36 bits per heavy atom. The van der Waals surface area contributed by atoms with Crippen molar-refractivity contribution in [2.24, 2.45) is 5.73 Å². The van der Waals surface area contributed by atoms with E-state index in [2.05, 4.69) is 0 Å². The van der Waals surface area contributed by atoms with Gasteiger partial charge in [-0.15, -0.1) is 12.4 Å². The van der Waals surface area contributed by atoms with Gasteiger partial charge in [0.25, 0.3) is 5.91 Å². The Morgan fingerprint density at radius 1 is 1.03 bits per heavy atom. The number of carbonyl (C=O) groups excluding carboxylic acids is 1. The molecule has 0 fully saturated rings. The van der Waals surface area contributed by atoms with Crippen molar-refractivity contribution in [3.8, 4) is 5.75 Å². The summed E-state index contributed by atoms with van der Waals surface area (Å²) in [4.78, 5) is 25.7. The van der Waals surface area contributed by atoms with Crippen LogP contribution in [0, 0.1) is 15.9 Å². The highest BCUT2D eigenvalue weighted by Gasteiger charge is 2.22. The first-order valence-electron chi connectivity index (χ1n) is 10.2. The summed E-state index contributed by atoms with van der Waals surface area (Å²) in [6.07, 6.45) is 0.563. The minimum Gasteiger partial charge on any atom is -0.482 e. The molecule has 2 N–H and O–H groups in total. The summed E-state index contributed by atoms with van der Waals surface area (Å²) in [5.41, 5.74) is 7.10. The predicted octanol–water partition coefficient (Wildman–Crippen LogP) is 4.73. The Morgan fingerprint density at radius 2 is 1.73 bits per heavy atom. The average Bonchev–Trinajstić information content (AvgIpc) is 2.81. The van der Waals surface area contributed by atoms with Crippen LogP contribution in [-0.4, -0.2) is 28.8 Å². The lowest BCUT2D eigenvalue weighted by Crippen LogP contribution is -2.32. The SMILES string of the molecule is Cl.NCCCN(Cc1ccc(F)cc1)C(=O)c1ccc(OCc2ccccc2)c([N+](=O)[O-])c1. The molecule has 0 spiro atoms. The van der Waals surface area contributed by atoms with Gasteiger partial charge in [-0.1, -0.05) is 42.5 Å². The molecule has 9 heteroatoms. The van der Waals surface area contributed by atoms with Gasteiger partial charge >= 0.3 is 5.69 Å². The molecule has 1 amide bonds. The predicted molar refractivity (Wildman–Crippen MR) is 126 cm³/mol. The summed E-state index contributed by atoms with van der Waals surface area (Å²) >= 11 is 0. The van der Waals surface area contributed by atoms with Gasteiger partial charge in [0.1, 0.15) is 12.4 Å². The first kappa shape index (κ1) is 25.8. The van der Waals surface area contributed by atoms with E-state index in [1.807, 2.05) is 30.3 Å². The van der Waals surface area contributed by atoms with Gasteiger partial charge in [0, 0.05) is 24.7 Å². The van der Waals surface area contributed by atoms with Crippen LogP contribution in [0.1, 0.15) is 27.9 Å². The number of nitrogens with two attached hydrogens (primary N) is 1. The second-order valence-corrected chi connectivity index (χ2v) is 7.21. The van der Waals surface area contributed by atoms with Crippen LogP contribution >= 0.6 is 12.4 Å². The molecule has 3 rings (SSSR count). The maximum atomic E-state index is 13.2. The molecule has 0 aliphatic carbocycles. The summed E-state index contributed by atoms with van der Waals surface area (Å²) in [7, 11) is 0. The fourth-order valence-corrected chi connectivity index (χ4v) is 3.18. The topological polar surface area (TPSA) is 98.7 Å². The van der Waals surface area contributed by atoms with Crippen LogP contribution in [0.3, 0.4) is 0 Å². The molecule has 7 nitrogen and oxygen atoms in total. The second-order valence-electron chi connectivity index (χ2n) is 7.21. The number of nitrogens with zero attached hydrogens (tertiary/aromatic N) is 2. The molecule has 3 aromatic rings. The quantitative estimate of drug-likeness (QED) is 0.339. The molecule has 0 heterocycles. The number of carbonyl (C=O) groups is 1. The van der Waals surface area contributed by atoms with Crippen LogP contribution in [0.15, 0.2) is 72.8 Å². The molecule has 0 aliphatic heterocycles. The fourth-order valence-electron chi connectivity index (χ4n) is 3.18. The minimum absolute atomic E-state index is 0.